The number of aromatic hydroxyl groups is 2. The number of rotatable bonds is 5. The number of phenols is 2. The maximum Gasteiger partial charge on any atom is 0.115 e. The molecular formula is C18H18O2. The van der Waals surface area contributed by atoms with Crippen LogP contribution in [0.2, 0.25) is 0 Å². The molecule has 20 heavy (non-hydrogen) atoms. The SMILES string of the molecule is Oc1ccc(C/C=C/C=C/Cc2ccc(O)cc2)cc1. The molecular weight excluding hydrogens is 248 g/mol. The normalized spacial score (nSPS) is 11.4. The predicted octanol–water partition coefficient (Wildman–Crippen LogP) is 4.00. The van der Waals surface area contributed by atoms with Crippen molar-refractivity contribution in [2.45, 2.75) is 12.8 Å². The van der Waals surface area contributed by atoms with Gasteiger partial charge in [0, 0.05) is 0 Å². The van der Waals surface area contributed by atoms with Gasteiger partial charge >= 0.3 is 0 Å². The minimum absolute atomic E-state index is 0.298. The fourth-order valence-corrected chi connectivity index (χ4v) is 1.83. The van der Waals surface area contributed by atoms with Crippen molar-refractivity contribution in [2.75, 3.05) is 0 Å². The third-order valence-corrected chi connectivity index (χ3v) is 2.96. The first-order valence-corrected chi connectivity index (χ1v) is 6.61. The van der Waals surface area contributed by atoms with Gasteiger partial charge in [-0.2, -0.15) is 0 Å². The lowest BCUT2D eigenvalue weighted by Crippen LogP contribution is -1.79. The maximum atomic E-state index is 9.18. The Kier molecular flexibility index (Phi) is 5.01. The van der Waals surface area contributed by atoms with E-state index < -0.39 is 0 Å². The molecule has 0 saturated heterocycles. The summed E-state index contributed by atoms with van der Waals surface area (Å²) in [7, 11) is 0. The van der Waals surface area contributed by atoms with E-state index in [2.05, 4.69) is 12.2 Å². The van der Waals surface area contributed by atoms with Gasteiger partial charge in [-0.15, -0.1) is 0 Å². The van der Waals surface area contributed by atoms with Crippen molar-refractivity contribution in [3.05, 3.63) is 84.0 Å². The Morgan fingerprint density at radius 1 is 0.600 bits per heavy atom. The quantitative estimate of drug-likeness (QED) is 0.803. The monoisotopic (exact) mass is 266 g/mol. The van der Waals surface area contributed by atoms with E-state index in [1.807, 2.05) is 36.4 Å². The molecule has 2 nitrogen and oxygen atoms in total. The van der Waals surface area contributed by atoms with Gasteiger partial charge in [0.05, 0.1) is 0 Å². The molecule has 0 fully saturated rings. The standard InChI is InChI=1S/C18H18O2/c19-17-11-7-15(8-12-17)5-3-1-2-4-6-16-9-13-18(20)14-10-16/h1-4,7-14,19-20H,5-6H2/b3-1+,4-2+. The van der Waals surface area contributed by atoms with Crippen LogP contribution in [0.25, 0.3) is 0 Å². The Hall–Kier alpha value is -2.48. The van der Waals surface area contributed by atoms with E-state index in [-0.39, 0.29) is 0 Å². The van der Waals surface area contributed by atoms with Gasteiger partial charge in [0.25, 0.3) is 0 Å². The van der Waals surface area contributed by atoms with Gasteiger partial charge in [-0.3, -0.25) is 0 Å². The number of hydrogen-bond donors (Lipinski definition) is 2. The number of phenolic OH excluding ortho intramolecular Hbond substituents is 2. The zero-order chi connectivity index (χ0) is 14.2. The van der Waals surface area contributed by atoms with E-state index in [9.17, 15) is 10.2 Å². The van der Waals surface area contributed by atoms with Crippen LogP contribution in [0.3, 0.4) is 0 Å². The van der Waals surface area contributed by atoms with Crippen LogP contribution in [0.5, 0.6) is 11.5 Å². The minimum atomic E-state index is 0.298. The molecule has 0 spiro atoms. The fraction of sp³-hybridized carbons (Fsp3) is 0.111. The Morgan fingerprint density at radius 2 is 0.950 bits per heavy atom. The van der Waals surface area contributed by atoms with Crippen LogP contribution in [0.4, 0.5) is 0 Å². The topological polar surface area (TPSA) is 40.5 Å². The summed E-state index contributed by atoms with van der Waals surface area (Å²) < 4.78 is 0. The average molecular weight is 266 g/mol. The minimum Gasteiger partial charge on any atom is -0.508 e. The lowest BCUT2D eigenvalue weighted by Gasteiger charge is -1.96. The van der Waals surface area contributed by atoms with Gasteiger partial charge in [-0.05, 0) is 48.2 Å². The Balaban J connectivity index is 1.76. The molecule has 0 heterocycles. The molecule has 0 radical (unpaired) electrons. The second-order valence-corrected chi connectivity index (χ2v) is 4.60. The van der Waals surface area contributed by atoms with Crippen LogP contribution in [0.1, 0.15) is 11.1 Å². The first kappa shape index (κ1) is 13.9. The Labute approximate surface area is 119 Å². The molecule has 0 unspecified atom stereocenters. The molecule has 0 aromatic heterocycles. The summed E-state index contributed by atoms with van der Waals surface area (Å²) in [6.45, 7) is 0. The van der Waals surface area contributed by atoms with Gasteiger partial charge in [-0.1, -0.05) is 48.6 Å². The van der Waals surface area contributed by atoms with Crippen molar-refractivity contribution in [1.82, 2.24) is 0 Å². The predicted molar refractivity (Wildman–Crippen MR) is 81.9 cm³/mol. The van der Waals surface area contributed by atoms with Crippen molar-refractivity contribution in [3.63, 3.8) is 0 Å². The molecule has 102 valence electrons. The molecule has 0 bridgehead atoms. The van der Waals surface area contributed by atoms with E-state index >= 15 is 0 Å². The van der Waals surface area contributed by atoms with Crippen LogP contribution in [0, 0.1) is 0 Å². The third kappa shape index (κ3) is 4.65. The zero-order valence-corrected chi connectivity index (χ0v) is 11.2. The molecule has 0 aliphatic rings. The number of benzene rings is 2. The summed E-state index contributed by atoms with van der Waals surface area (Å²) in [5.74, 6) is 0.595. The van der Waals surface area contributed by atoms with Gasteiger partial charge < -0.3 is 10.2 Å². The molecule has 2 N–H and O–H groups in total. The first-order chi connectivity index (χ1) is 9.74. The second kappa shape index (κ2) is 7.19. The van der Waals surface area contributed by atoms with Crippen LogP contribution in [-0.2, 0) is 12.8 Å². The average Bonchev–Trinajstić information content (AvgIpc) is 2.46. The summed E-state index contributed by atoms with van der Waals surface area (Å²) in [5, 5.41) is 18.4. The molecule has 2 aromatic carbocycles. The highest BCUT2D eigenvalue weighted by atomic mass is 16.3. The van der Waals surface area contributed by atoms with Gasteiger partial charge in [-0.25, -0.2) is 0 Å². The molecule has 0 saturated carbocycles. The zero-order valence-electron chi connectivity index (χ0n) is 11.2. The Bertz CT molecular complexity index is 522. The molecule has 2 rings (SSSR count). The third-order valence-electron chi connectivity index (χ3n) is 2.96. The number of allylic oxidation sites excluding steroid dienone is 4. The first-order valence-electron chi connectivity index (χ1n) is 6.61. The summed E-state index contributed by atoms with van der Waals surface area (Å²) in [5.41, 5.74) is 2.34. The number of hydrogen-bond acceptors (Lipinski definition) is 2. The van der Waals surface area contributed by atoms with Crippen molar-refractivity contribution < 1.29 is 10.2 Å². The van der Waals surface area contributed by atoms with E-state index in [1.165, 1.54) is 11.1 Å². The van der Waals surface area contributed by atoms with Crippen LogP contribution >= 0.6 is 0 Å². The van der Waals surface area contributed by atoms with E-state index in [0.717, 1.165) is 12.8 Å². The van der Waals surface area contributed by atoms with Crippen LogP contribution < -0.4 is 0 Å². The maximum absolute atomic E-state index is 9.18. The lowest BCUT2D eigenvalue weighted by molar-refractivity contribution is 0.474. The summed E-state index contributed by atoms with van der Waals surface area (Å²) in [4.78, 5) is 0. The van der Waals surface area contributed by atoms with Gasteiger partial charge in [0.15, 0.2) is 0 Å². The molecule has 2 heteroatoms. The lowest BCUT2D eigenvalue weighted by atomic mass is 10.1. The van der Waals surface area contributed by atoms with E-state index in [0.29, 0.717) is 11.5 Å². The highest BCUT2D eigenvalue weighted by molar-refractivity contribution is 5.28. The largest absolute Gasteiger partial charge is 0.508 e. The van der Waals surface area contributed by atoms with Gasteiger partial charge in [0.1, 0.15) is 11.5 Å². The molecule has 0 aliphatic heterocycles. The van der Waals surface area contributed by atoms with E-state index in [1.54, 1.807) is 24.3 Å². The van der Waals surface area contributed by atoms with Crippen molar-refractivity contribution >= 4 is 0 Å². The van der Waals surface area contributed by atoms with Gasteiger partial charge in [0.2, 0.25) is 0 Å². The molecule has 0 atom stereocenters. The fourth-order valence-electron chi connectivity index (χ4n) is 1.83. The van der Waals surface area contributed by atoms with Crippen molar-refractivity contribution in [2.24, 2.45) is 0 Å². The smallest absolute Gasteiger partial charge is 0.115 e. The summed E-state index contributed by atoms with van der Waals surface area (Å²) in [6, 6.07) is 14.5. The second-order valence-electron chi connectivity index (χ2n) is 4.60. The van der Waals surface area contributed by atoms with Crippen LogP contribution in [0.15, 0.2) is 72.8 Å². The van der Waals surface area contributed by atoms with E-state index in [4.69, 9.17) is 0 Å². The molecule has 0 amide bonds. The van der Waals surface area contributed by atoms with Crippen molar-refractivity contribution in [3.8, 4) is 11.5 Å². The molecule has 2 aromatic rings. The van der Waals surface area contributed by atoms with Crippen LogP contribution in [-0.4, -0.2) is 10.2 Å². The summed E-state index contributed by atoms with van der Waals surface area (Å²) >= 11 is 0. The summed E-state index contributed by atoms with van der Waals surface area (Å²) in [6.07, 6.45) is 9.91. The highest BCUT2D eigenvalue weighted by Gasteiger charge is 1.90. The Morgan fingerprint density at radius 3 is 1.30 bits per heavy atom. The van der Waals surface area contributed by atoms with Crippen molar-refractivity contribution in [1.29, 1.82) is 0 Å². The molecule has 0 aliphatic carbocycles. The highest BCUT2D eigenvalue weighted by Crippen LogP contribution is 2.11.